The first-order valence-corrected chi connectivity index (χ1v) is 6.98. The fourth-order valence-corrected chi connectivity index (χ4v) is 2.70. The van der Waals surface area contributed by atoms with Crippen LogP contribution < -0.4 is 0 Å². The van der Waals surface area contributed by atoms with E-state index in [2.05, 4.69) is 4.98 Å². The van der Waals surface area contributed by atoms with Crippen LogP contribution in [-0.2, 0) is 6.54 Å². The van der Waals surface area contributed by atoms with Gasteiger partial charge in [-0.2, -0.15) is 0 Å². The predicted molar refractivity (Wildman–Crippen MR) is 82.8 cm³/mol. The van der Waals surface area contributed by atoms with E-state index in [1.165, 1.54) is 0 Å². The monoisotopic (exact) mass is 300 g/mol. The van der Waals surface area contributed by atoms with Gasteiger partial charge in [-0.3, -0.25) is 0 Å². The summed E-state index contributed by atoms with van der Waals surface area (Å²) in [6.07, 6.45) is 0. The highest BCUT2D eigenvalue weighted by Gasteiger charge is 2.14. The van der Waals surface area contributed by atoms with Crippen LogP contribution in [0.4, 0.5) is 0 Å². The van der Waals surface area contributed by atoms with E-state index in [1.807, 2.05) is 29.7 Å². The number of rotatable bonds is 3. The van der Waals surface area contributed by atoms with E-state index >= 15 is 0 Å². The number of benzene rings is 2. The average Bonchev–Trinajstić information content (AvgIpc) is 2.87. The third kappa shape index (κ3) is 2.28. The van der Waals surface area contributed by atoms with Gasteiger partial charge in [-0.05, 0) is 31.2 Å². The molecule has 1 heterocycles. The number of aryl methyl sites for hydroxylation is 1. The first kappa shape index (κ1) is 13.6. The zero-order chi connectivity index (χ0) is 15.0. The van der Waals surface area contributed by atoms with Gasteiger partial charge in [-0.1, -0.05) is 29.8 Å². The first-order valence-electron chi connectivity index (χ1n) is 6.60. The molecule has 21 heavy (non-hydrogen) atoms. The summed E-state index contributed by atoms with van der Waals surface area (Å²) in [7, 11) is 0. The number of imidazole rings is 1. The van der Waals surface area contributed by atoms with Crippen molar-refractivity contribution in [2.45, 2.75) is 13.5 Å². The van der Waals surface area contributed by atoms with Gasteiger partial charge in [0.1, 0.15) is 5.82 Å². The van der Waals surface area contributed by atoms with Gasteiger partial charge >= 0.3 is 5.97 Å². The van der Waals surface area contributed by atoms with E-state index in [4.69, 9.17) is 16.7 Å². The fraction of sp³-hybridized carbons (Fsp3) is 0.125. The number of nitrogens with zero attached hydrogens (tertiary/aromatic N) is 2. The quantitative estimate of drug-likeness (QED) is 0.793. The fourth-order valence-electron chi connectivity index (χ4n) is 2.43. The Balaban J connectivity index is 2.20. The van der Waals surface area contributed by atoms with E-state index in [9.17, 15) is 4.79 Å². The van der Waals surface area contributed by atoms with Gasteiger partial charge in [-0.25, -0.2) is 9.78 Å². The second-order valence-corrected chi connectivity index (χ2v) is 5.08. The molecule has 0 radical (unpaired) electrons. The number of aromatic carboxylic acids is 1. The molecule has 1 N–H and O–H groups in total. The third-order valence-electron chi connectivity index (χ3n) is 3.42. The van der Waals surface area contributed by atoms with Crippen molar-refractivity contribution in [2.75, 3.05) is 0 Å². The minimum atomic E-state index is -0.936. The molecule has 0 aliphatic carbocycles. The number of fused-ring (bicyclic) bond motifs is 1. The summed E-state index contributed by atoms with van der Waals surface area (Å²) in [6, 6.07) is 12.3. The van der Waals surface area contributed by atoms with E-state index in [0.29, 0.717) is 5.02 Å². The lowest BCUT2D eigenvalue weighted by atomic mass is 10.1. The lowest BCUT2D eigenvalue weighted by Gasteiger charge is -2.07. The lowest BCUT2D eigenvalue weighted by Crippen LogP contribution is -1.99. The van der Waals surface area contributed by atoms with Crippen molar-refractivity contribution >= 4 is 28.6 Å². The van der Waals surface area contributed by atoms with Crippen molar-refractivity contribution in [3.05, 3.63) is 53.1 Å². The van der Waals surface area contributed by atoms with Crippen molar-refractivity contribution in [2.24, 2.45) is 0 Å². The van der Waals surface area contributed by atoms with Crippen LogP contribution >= 0.6 is 11.6 Å². The van der Waals surface area contributed by atoms with Gasteiger partial charge in [-0.15, -0.1) is 0 Å². The molecule has 0 unspecified atom stereocenters. The highest BCUT2D eigenvalue weighted by atomic mass is 35.5. The molecule has 0 aliphatic heterocycles. The molecule has 0 saturated carbocycles. The molecule has 3 aromatic rings. The van der Waals surface area contributed by atoms with E-state index in [0.717, 1.165) is 29.0 Å². The molecule has 0 amide bonds. The molecular formula is C16H13ClN2O2. The number of para-hydroxylation sites is 1. The number of halogens is 1. The maximum absolute atomic E-state index is 10.9. The molecule has 5 heteroatoms. The Morgan fingerprint density at radius 3 is 2.57 bits per heavy atom. The number of hydrogen-bond donors (Lipinski definition) is 1. The molecule has 0 saturated heterocycles. The Morgan fingerprint density at radius 2 is 1.95 bits per heavy atom. The van der Waals surface area contributed by atoms with Crippen LogP contribution in [0.3, 0.4) is 0 Å². The van der Waals surface area contributed by atoms with Crippen LogP contribution in [0.25, 0.3) is 22.4 Å². The van der Waals surface area contributed by atoms with Gasteiger partial charge in [0.2, 0.25) is 0 Å². The number of carbonyl (C=O) groups is 1. The largest absolute Gasteiger partial charge is 0.478 e. The minimum absolute atomic E-state index is 0.260. The molecule has 4 nitrogen and oxygen atoms in total. The summed E-state index contributed by atoms with van der Waals surface area (Å²) < 4.78 is 2.04. The summed E-state index contributed by atoms with van der Waals surface area (Å²) in [4.78, 5) is 15.5. The number of hydrogen-bond acceptors (Lipinski definition) is 2. The number of carboxylic acids is 1. The number of aromatic nitrogens is 2. The molecular weight excluding hydrogens is 288 g/mol. The normalized spacial score (nSPS) is 11.0. The van der Waals surface area contributed by atoms with E-state index in [-0.39, 0.29) is 5.56 Å². The average molecular weight is 301 g/mol. The summed E-state index contributed by atoms with van der Waals surface area (Å²) >= 11 is 6.27. The summed E-state index contributed by atoms with van der Waals surface area (Å²) in [5, 5.41) is 9.62. The highest BCUT2D eigenvalue weighted by molar-refractivity contribution is 6.35. The molecule has 0 spiro atoms. The summed E-state index contributed by atoms with van der Waals surface area (Å²) in [5.41, 5.74) is 2.87. The standard InChI is InChI=1S/C16H13ClN2O2/c1-2-19-14-12(17)4-3-5-13(14)18-15(19)10-6-8-11(9-7-10)16(20)21/h3-9H,2H2,1H3,(H,20,21). The van der Waals surface area contributed by atoms with Crippen LogP contribution in [-0.4, -0.2) is 20.6 Å². The van der Waals surface area contributed by atoms with Crippen LogP contribution in [0.2, 0.25) is 5.02 Å². The van der Waals surface area contributed by atoms with Crippen LogP contribution in [0, 0.1) is 0 Å². The molecule has 1 aromatic heterocycles. The van der Waals surface area contributed by atoms with Gasteiger partial charge in [0.15, 0.2) is 0 Å². The third-order valence-corrected chi connectivity index (χ3v) is 3.73. The Bertz CT molecular complexity index is 822. The Morgan fingerprint density at radius 1 is 1.24 bits per heavy atom. The Hall–Kier alpha value is -2.33. The zero-order valence-electron chi connectivity index (χ0n) is 11.4. The van der Waals surface area contributed by atoms with Crippen molar-refractivity contribution < 1.29 is 9.90 Å². The molecule has 0 bridgehead atoms. The van der Waals surface area contributed by atoms with E-state index < -0.39 is 5.97 Å². The maximum atomic E-state index is 10.9. The molecule has 3 rings (SSSR count). The molecule has 0 aliphatic rings. The Labute approximate surface area is 126 Å². The summed E-state index contributed by atoms with van der Waals surface area (Å²) in [5.74, 6) is -0.147. The summed E-state index contributed by atoms with van der Waals surface area (Å²) in [6.45, 7) is 2.76. The minimum Gasteiger partial charge on any atom is -0.478 e. The van der Waals surface area contributed by atoms with Gasteiger partial charge < -0.3 is 9.67 Å². The van der Waals surface area contributed by atoms with Crippen LogP contribution in [0.5, 0.6) is 0 Å². The molecule has 0 fully saturated rings. The first-order chi connectivity index (χ1) is 10.1. The highest BCUT2D eigenvalue weighted by Crippen LogP contribution is 2.29. The van der Waals surface area contributed by atoms with Crippen LogP contribution in [0.1, 0.15) is 17.3 Å². The number of carboxylic acid groups (broad SMARTS) is 1. The van der Waals surface area contributed by atoms with Crippen LogP contribution in [0.15, 0.2) is 42.5 Å². The van der Waals surface area contributed by atoms with Gasteiger partial charge in [0.05, 0.1) is 21.6 Å². The zero-order valence-corrected chi connectivity index (χ0v) is 12.1. The second-order valence-electron chi connectivity index (χ2n) is 4.67. The van der Waals surface area contributed by atoms with Crippen molar-refractivity contribution in [1.29, 1.82) is 0 Å². The maximum Gasteiger partial charge on any atom is 0.335 e. The Kier molecular flexibility index (Phi) is 3.39. The van der Waals surface area contributed by atoms with Gasteiger partial charge in [0.25, 0.3) is 0 Å². The van der Waals surface area contributed by atoms with E-state index in [1.54, 1.807) is 24.3 Å². The lowest BCUT2D eigenvalue weighted by molar-refractivity contribution is 0.0697. The van der Waals surface area contributed by atoms with Gasteiger partial charge in [0, 0.05) is 12.1 Å². The van der Waals surface area contributed by atoms with Crippen molar-refractivity contribution in [3.63, 3.8) is 0 Å². The predicted octanol–water partition coefficient (Wildman–Crippen LogP) is 4.07. The topological polar surface area (TPSA) is 55.1 Å². The molecule has 2 aromatic carbocycles. The SMILES string of the molecule is CCn1c(-c2ccc(C(=O)O)cc2)nc2cccc(Cl)c21. The molecule has 0 atom stereocenters. The second kappa shape index (κ2) is 5.22. The van der Waals surface area contributed by atoms with Crippen molar-refractivity contribution in [3.8, 4) is 11.4 Å². The van der Waals surface area contributed by atoms with Crippen molar-refractivity contribution in [1.82, 2.24) is 9.55 Å². The molecule has 106 valence electrons. The smallest absolute Gasteiger partial charge is 0.335 e.